The highest BCUT2D eigenvalue weighted by Crippen LogP contribution is 2.19. The van der Waals surface area contributed by atoms with Gasteiger partial charge >= 0.3 is 0 Å². The van der Waals surface area contributed by atoms with Gasteiger partial charge in [-0.3, -0.25) is 20.2 Å². The SMILES string of the molecule is O=C(/C=C\c1ccccc1[N+](=O)[O-])Nc1nccs1. The van der Waals surface area contributed by atoms with Crippen LogP contribution in [0.15, 0.2) is 41.9 Å². The van der Waals surface area contributed by atoms with Crippen molar-refractivity contribution in [2.24, 2.45) is 0 Å². The van der Waals surface area contributed by atoms with Crippen molar-refractivity contribution in [3.63, 3.8) is 0 Å². The molecule has 19 heavy (non-hydrogen) atoms. The highest BCUT2D eigenvalue weighted by molar-refractivity contribution is 7.13. The summed E-state index contributed by atoms with van der Waals surface area (Å²) in [5.74, 6) is -0.381. The third kappa shape index (κ3) is 3.46. The summed E-state index contributed by atoms with van der Waals surface area (Å²) in [5, 5.41) is 15.6. The van der Waals surface area contributed by atoms with Gasteiger partial charge in [0.05, 0.1) is 10.5 Å². The van der Waals surface area contributed by atoms with Gasteiger partial charge in [0.15, 0.2) is 5.13 Å². The van der Waals surface area contributed by atoms with Crippen molar-refractivity contribution in [2.45, 2.75) is 0 Å². The first-order valence-electron chi connectivity index (χ1n) is 5.29. The summed E-state index contributed by atoms with van der Waals surface area (Å²) < 4.78 is 0. The van der Waals surface area contributed by atoms with Gasteiger partial charge in [-0.05, 0) is 12.1 Å². The molecule has 96 valence electrons. The van der Waals surface area contributed by atoms with Crippen LogP contribution in [0.4, 0.5) is 10.8 Å². The number of thiazole rings is 1. The first-order chi connectivity index (χ1) is 9.16. The number of carbonyl (C=O) groups excluding carboxylic acids is 1. The minimum absolute atomic E-state index is 0.0409. The first kappa shape index (κ1) is 12.9. The maximum absolute atomic E-state index is 11.6. The van der Waals surface area contributed by atoms with E-state index in [-0.39, 0.29) is 11.6 Å². The summed E-state index contributed by atoms with van der Waals surface area (Å²) in [6, 6.07) is 6.21. The molecule has 1 N–H and O–H groups in total. The quantitative estimate of drug-likeness (QED) is 0.528. The zero-order valence-corrected chi connectivity index (χ0v) is 10.5. The molecule has 0 fully saturated rings. The highest BCUT2D eigenvalue weighted by Gasteiger charge is 2.09. The van der Waals surface area contributed by atoms with Crippen LogP contribution in [-0.2, 0) is 4.79 Å². The van der Waals surface area contributed by atoms with Crippen LogP contribution < -0.4 is 5.32 Å². The second-order valence-corrected chi connectivity index (χ2v) is 4.37. The summed E-state index contributed by atoms with van der Waals surface area (Å²) in [7, 11) is 0. The smallest absolute Gasteiger partial charge is 0.276 e. The summed E-state index contributed by atoms with van der Waals surface area (Å²) in [6.07, 6.45) is 4.22. The van der Waals surface area contributed by atoms with Gasteiger partial charge in [-0.1, -0.05) is 12.1 Å². The van der Waals surface area contributed by atoms with Gasteiger partial charge in [0.1, 0.15) is 0 Å². The predicted octanol–water partition coefficient (Wildman–Crippen LogP) is 2.70. The van der Waals surface area contributed by atoms with Crippen LogP contribution in [0.2, 0.25) is 0 Å². The van der Waals surface area contributed by atoms with Gasteiger partial charge < -0.3 is 0 Å². The van der Waals surface area contributed by atoms with Gasteiger partial charge in [0, 0.05) is 23.7 Å². The molecule has 0 bridgehead atoms. The Kier molecular flexibility index (Phi) is 3.99. The number of nitro groups is 1. The number of hydrogen-bond acceptors (Lipinski definition) is 5. The molecule has 0 saturated heterocycles. The Hall–Kier alpha value is -2.54. The standard InChI is InChI=1S/C12H9N3O3S/c16-11(14-12-13-7-8-19-12)6-5-9-3-1-2-4-10(9)15(17)18/h1-8H,(H,13,14,16)/b6-5-. The first-order valence-corrected chi connectivity index (χ1v) is 6.17. The van der Waals surface area contributed by atoms with Crippen LogP contribution in [0, 0.1) is 10.1 Å². The number of para-hydroxylation sites is 1. The lowest BCUT2D eigenvalue weighted by Crippen LogP contribution is -2.07. The number of aromatic nitrogens is 1. The van der Waals surface area contributed by atoms with Crippen LogP contribution >= 0.6 is 11.3 Å². The lowest BCUT2D eigenvalue weighted by atomic mass is 10.1. The Morgan fingerprint density at radius 2 is 2.21 bits per heavy atom. The van der Waals surface area contributed by atoms with Crippen molar-refractivity contribution in [1.82, 2.24) is 4.98 Å². The molecule has 2 rings (SSSR count). The average Bonchev–Trinajstić information content (AvgIpc) is 2.89. The van der Waals surface area contributed by atoms with E-state index >= 15 is 0 Å². The van der Waals surface area contributed by atoms with Gasteiger partial charge in [0.25, 0.3) is 5.69 Å². The molecule has 0 unspecified atom stereocenters. The van der Waals surface area contributed by atoms with Crippen molar-refractivity contribution in [2.75, 3.05) is 5.32 Å². The lowest BCUT2D eigenvalue weighted by molar-refractivity contribution is -0.385. The third-order valence-electron chi connectivity index (χ3n) is 2.21. The molecule has 1 aromatic carbocycles. The normalized spacial score (nSPS) is 10.5. The molecule has 0 aliphatic carbocycles. The van der Waals surface area contributed by atoms with E-state index in [0.29, 0.717) is 10.7 Å². The number of nitrogens with one attached hydrogen (secondary N) is 1. The van der Waals surface area contributed by atoms with Crippen molar-refractivity contribution in [1.29, 1.82) is 0 Å². The fraction of sp³-hybridized carbons (Fsp3) is 0. The van der Waals surface area contributed by atoms with Crippen molar-refractivity contribution < 1.29 is 9.72 Å². The molecular formula is C12H9N3O3S. The maximum atomic E-state index is 11.6. The third-order valence-corrected chi connectivity index (χ3v) is 2.90. The van der Waals surface area contributed by atoms with Crippen molar-refractivity contribution in [3.8, 4) is 0 Å². The second kappa shape index (κ2) is 5.87. The van der Waals surface area contributed by atoms with Crippen LogP contribution in [-0.4, -0.2) is 15.8 Å². The fourth-order valence-electron chi connectivity index (χ4n) is 1.39. The largest absolute Gasteiger partial charge is 0.298 e. The van der Waals surface area contributed by atoms with E-state index in [9.17, 15) is 14.9 Å². The molecule has 0 saturated carbocycles. The molecule has 0 aliphatic rings. The molecule has 7 heteroatoms. The zero-order chi connectivity index (χ0) is 13.7. The fourth-order valence-corrected chi connectivity index (χ4v) is 1.92. The van der Waals surface area contributed by atoms with E-state index in [0.717, 1.165) is 0 Å². The number of benzene rings is 1. The maximum Gasteiger partial charge on any atom is 0.276 e. The molecule has 1 aromatic heterocycles. The second-order valence-electron chi connectivity index (χ2n) is 3.48. The summed E-state index contributed by atoms with van der Waals surface area (Å²) >= 11 is 1.30. The van der Waals surface area contributed by atoms with Crippen molar-refractivity contribution in [3.05, 3.63) is 57.6 Å². The Labute approximate surface area is 112 Å². The number of nitro benzene ring substituents is 1. The molecule has 1 amide bonds. The Balaban J connectivity index is 2.10. The number of hydrogen-bond donors (Lipinski definition) is 1. The van der Waals surface area contributed by atoms with Gasteiger partial charge in [-0.25, -0.2) is 4.98 Å². The monoisotopic (exact) mass is 275 g/mol. The van der Waals surface area contributed by atoms with Crippen molar-refractivity contribution >= 4 is 34.1 Å². The molecular weight excluding hydrogens is 266 g/mol. The van der Waals surface area contributed by atoms with Crippen LogP contribution in [0.25, 0.3) is 6.08 Å². The molecule has 0 aliphatic heterocycles. The Morgan fingerprint density at radius 1 is 1.42 bits per heavy atom. The minimum Gasteiger partial charge on any atom is -0.298 e. The minimum atomic E-state index is -0.488. The molecule has 6 nitrogen and oxygen atoms in total. The topological polar surface area (TPSA) is 85.1 Å². The molecule has 0 radical (unpaired) electrons. The summed E-state index contributed by atoms with van der Waals surface area (Å²) in [4.78, 5) is 25.8. The van der Waals surface area contributed by atoms with Gasteiger partial charge in [-0.2, -0.15) is 0 Å². The summed E-state index contributed by atoms with van der Waals surface area (Å²) in [5.41, 5.74) is 0.336. The van der Waals surface area contributed by atoms with Crippen LogP contribution in [0.1, 0.15) is 5.56 Å². The summed E-state index contributed by atoms with van der Waals surface area (Å²) in [6.45, 7) is 0. The zero-order valence-electron chi connectivity index (χ0n) is 9.65. The number of carbonyl (C=O) groups is 1. The lowest BCUT2D eigenvalue weighted by Gasteiger charge is -1.97. The van der Waals surface area contributed by atoms with E-state index in [2.05, 4.69) is 10.3 Å². The average molecular weight is 275 g/mol. The highest BCUT2D eigenvalue weighted by atomic mass is 32.1. The molecule has 2 aromatic rings. The van der Waals surface area contributed by atoms with E-state index in [4.69, 9.17) is 0 Å². The molecule has 0 spiro atoms. The van der Waals surface area contributed by atoms with Gasteiger partial charge in [0.2, 0.25) is 5.91 Å². The number of nitrogens with zero attached hydrogens (tertiary/aromatic N) is 2. The molecule has 1 heterocycles. The van der Waals surface area contributed by atoms with Crippen LogP contribution in [0.3, 0.4) is 0 Å². The number of anilines is 1. The van der Waals surface area contributed by atoms with E-state index < -0.39 is 4.92 Å². The molecule has 0 atom stereocenters. The van der Waals surface area contributed by atoms with E-state index in [1.54, 1.807) is 29.8 Å². The van der Waals surface area contributed by atoms with Gasteiger partial charge in [-0.15, -0.1) is 11.3 Å². The number of amides is 1. The van der Waals surface area contributed by atoms with E-state index in [1.807, 2.05) is 0 Å². The predicted molar refractivity (Wildman–Crippen MR) is 72.9 cm³/mol. The Morgan fingerprint density at radius 3 is 2.89 bits per heavy atom. The van der Waals surface area contributed by atoms with E-state index in [1.165, 1.54) is 29.6 Å². The Bertz CT molecular complexity index is 623. The van der Waals surface area contributed by atoms with Crippen LogP contribution in [0.5, 0.6) is 0 Å². The number of rotatable bonds is 4.